The first-order valence-corrected chi connectivity index (χ1v) is 12.0. The minimum absolute atomic E-state index is 0.0204. The zero-order valence-corrected chi connectivity index (χ0v) is 21.4. The van der Waals surface area contributed by atoms with E-state index in [9.17, 15) is 9.59 Å². The number of fused-ring (bicyclic) bond motifs is 1. The number of hydrogen-bond donors (Lipinski definition) is 3. The van der Waals surface area contributed by atoms with E-state index in [1.54, 1.807) is 7.11 Å². The molecule has 0 spiro atoms. The van der Waals surface area contributed by atoms with Crippen molar-refractivity contribution in [2.75, 3.05) is 51.8 Å². The van der Waals surface area contributed by atoms with E-state index in [1.165, 1.54) is 0 Å². The van der Waals surface area contributed by atoms with Gasteiger partial charge in [-0.3, -0.25) is 9.59 Å². The van der Waals surface area contributed by atoms with E-state index >= 15 is 0 Å². The zero-order valence-electron chi connectivity index (χ0n) is 20.6. The molecule has 3 heterocycles. The lowest BCUT2D eigenvalue weighted by molar-refractivity contribution is -0.668. The molecule has 2 aromatic heterocycles. The number of nitrogen functional groups attached to an aromatic ring is 2. The Balaban J connectivity index is 1.68. The smallest absolute Gasteiger partial charge is 0.277 e. The number of likely N-dealkylation sites (N-methyl/N-ethyl adjacent to an activating group) is 1. The maximum atomic E-state index is 13.3. The standard InChI is InChI=1S/C23H30ClN9O3/c1-4-32-16-11-14(36-3)5-6-15(16)33(13-18(34)31-9-7-30(2)8-10-31)17(32)12-27-23(35)19-21(25)29-22(26)20(24)28-19/h5-6,11H,4,7-10,12-13H2,1-3H3,(H4-,25,26,27,29,35)/p+1. The van der Waals surface area contributed by atoms with E-state index in [-0.39, 0.29) is 41.5 Å². The van der Waals surface area contributed by atoms with Gasteiger partial charge in [-0.25, -0.2) is 19.1 Å². The Labute approximate surface area is 213 Å². The Morgan fingerprint density at radius 1 is 1.17 bits per heavy atom. The lowest BCUT2D eigenvalue weighted by Crippen LogP contribution is -2.53. The summed E-state index contributed by atoms with van der Waals surface area (Å²) in [7, 11) is 3.65. The van der Waals surface area contributed by atoms with Crippen molar-refractivity contribution in [3.8, 4) is 5.75 Å². The number of nitrogens with one attached hydrogen (secondary N) is 1. The number of amides is 2. The predicted octanol–water partition coefficient (Wildman–Crippen LogP) is 0.269. The van der Waals surface area contributed by atoms with Crippen molar-refractivity contribution in [2.45, 2.75) is 26.6 Å². The number of hydrogen-bond acceptors (Lipinski definition) is 8. The van der Waals surface area contributed by atoms with Gasteiger partial charge in [0.25, 0.3) is 17.6 Å². The van der Waals surface area contributed by atoms with Crippen molar-refractivity contribution in [3.05, 3.63) is 34.9 Å². The fourth-order valence-corrected chi connectivity index (χ4v) is 4.49. The molecule has 3 aromatic rings. The average Bonchev–Trinajstić information content (AvgIpc) is 3.16. The summed E-state index contributed by atoms with van der Waals surface area (Å²) in [5.74, 6) is 0.739. The molecule has 0 saturated carbocycles. The SMILES string of the molecule is CCn1c(CNC(=O)c2nc(Cl)c(N)nc2N)[n+](CC(=O)N2CCN(C)CC2)c2ccc(OC)cc21. The third-order valence-electron chi connectivity index (χ3n) is 6.38. The highest BCUT2D eigenvalue weighted by Gasteiger charge is 2.29. The summed E-state index contributed by atoms with van der Waals surface area (Å²) in [6.45, 7) is 5.89. The minimum Gasteiger partial charge on any atom is -0.497 e. The second-order valence-corrected chi connectivity index (χ2v) is 8.96. The van der Waals surface area contributed by atoms with Crippen molar-refractivity contribution in [1.29, 1.82) is 0 Å². The summed E-state index contributed by atoms with van der Waals surface area (Å²) < 4.78 is 9.40. The van der Waals surface area contributed by atoms with Gasteiger partial charge in [-0.2, -0.15) is 0 Å². The number of imidazole rings is 1. The van der Waals surface area contributed by atoms with Crippen LogP contribution < -0.4 is 26.1 Å². The fraction of sp³-hybridized carbons (Fsp3) is 0.435. The average molecular weight is 517 g/mol. The van der Waals surface area contributed by atoms with E-state index in [1.807, 2.05) is 46.2 Å². The molecule has 12 nitrogen and oxygen atoms in total. The Morgan fingerprint density at radius 2 is 1.89 bits per heavy atom. The van der Waals surface area contributed by atoms with Crippen LogP contribution >= 0.6 is 11.6 Å². The molecule has 0 aliphatic carbocycles. The molecule has 0 radical (unpaired) electrons. The first kappa shape index (κ1) is 25.5. The number of nitrogens with two attached hydrogens (primary N) is 2. The van der Waals surface area contributed by atoms with E-state index in [0.717, 1.165) is 29.9 Å². The van der Waals surface area contributed by atoms with Crippen LogP contribution in [0.15, 0.2) is 18.2 Å². The highest BCUT2D eigenvalue weighted by atomic mass is 35.5. The lowest BCUT2D eigenvalue weighted by Gasteiger charge is -2.32. The number of aromatic nitrogens is 4. The molecule has 13 heteroatoms. The number of aryl methyl sites for hydroxylation is 1. The van der Waals surface area contributed by atoms with Gasteiger partial charge >= 0.3 is 0 Å². The third-order valence-corrected chi connectivity index (χ3v) is 6.66. The highest BCUT2D eigenvalue weighted by molar-refractivity contribution is 6.31. The quantitative estimate of drug-likeness (QED) is 0.379. The number of anilines is 2. The number of carbonyl (C=O) groups is 2. The topological polar surface area (TPSA) is 149 Å². The van der Waals surface area contributed by atoms with Gasteiger partial charge in [0.1, 0.15) is 12.3 Å². The van der Waals surface area contributed by atoms with Gasteiger partial charge < -0.3 is 31.3 Å². The highest BCUT2D eigenvalue weighted by Crippen LogP contribution is 2.22. The summed E-state index contributed by atoms with van der Waals surface area (Å²) >= 11 is 5.94. The normalized spacial score (nSPS) is 14.3. The van der Waals surface area contributed by atoms with Crippen LogP contribution in [0.25, 0.3) is 11.0 Å². The van der Waals surface area contributed by atoms with Crippen LogP contribution in [0, 0.1) is 0 Å². The molecule has 1 aliphatic rings. The van der Waals surface area contributed by atoms with Crippen LogP contribution in [0.2, 0.25) is 5.15 Å². The van der Waals surface area contributed by atoms with Gasteiger partial charge in [-0.05, 0) is 26.1 Å². The number of piperazine rings is 1. The Kier molecular flexibility index (Phi) is 7.45. The molecule has 1 aromatic carbocycles. The van der Waals surface area contributed by atoms with Crippen molar-refractivity contribution in [1.82, 2.24) is 29.7 Å². The van der Waals surface area contributed by atoms with Gasteiger partial charge in [0, 0.05) is 32.2 Å². The Hall–Kier alpha value is -3.64. The van der Waals surface area contributed by atoms with Crippen molar-refractivity contribution < 1.29 is 18.9 Å². The van der Waals surface area contributed by atoms with Crippen LogP contribution in [0.3, 0.4) is 0 Å². The molecule has 0 bridgehead atoms. The Bertz CT molecular complexity index is 1300. The van der Waals surface area contributed by atoms with Crippen molar-refractivity contribution in [2.24, 2.45) is 0 Å². The second kappa shape index (κ2) is 10.5. The maximum Gasteiger partial charge on any atom is 0.277 e. The van der Waals surface area contributed by atoms with Crippen molar-refractivity contribution in [3.63, 3.8) is 0 Å². The van der Waals surface area contributed by atoms with Gasteiger partial charge in [-0.15, -0.1) is 0 Å². The zero-order chi connectivity index (χ0) is 26.0. The molecule has 1 aliphatic heterocycles. The van der Waals surface area contributed by atoms with Crippen LogP contribution in [0.5, 0.6) is 5.75 Å². The van der Waals surface area contributed by atoms with E-state index in [0.29, 0.717) is 25.4 Å². The minimum atomic E-state index is -0.552. The molecule has 1 saturated heterocycles. The number of ether oxygens (including phenoxy) is 1. The van der Waals surface area contributed by atoms with E-state index in [2.05, 4.69) is 20.2 Å². The van der Waals surface area contributed by atoms with Gasteiger partial charge in [0.2, 0.25) is 0 Å². The number of carbonyl (C=O) groups excluding carboxylic acids is 2. The van der Waals surface area contributed by atoms with E-state index < -0.39 is 5.91 Å². The monoisotopic (exact) mass is 516 g/mol. The molecular weight excluding hydrogens is 486 g/mol. The number of rotatable bonds is 7. The lowest BCUT2D eigenvalue weighted by atomic mass is 10.3. The predicted molar refractivity (Wildman–Crippen MR) is 135 cm³/mol. The molecule has 5 N–H and O–H groups in total. The van der Waals surface area contributed by atoms with Gasteiger partial charge in [0.15, 0.2) is 40.1 Å². The molecule has 4 rings (SSSR count). The van der Waals surface area contributed by atoms with Crippen LogP contribution in [0.4, 0.5) is 11.6 Å². The molecule has 1 fully saturated rings. The van der Waals surface area contributed by atoms with E-state index in [4.69, 9.17) is 27.8 Å². The summed E-state index contributed by atoms with van der Waals surface area (Å²) in [5.41, 5.74) is 13.1. The number of benzene rings is 1. The largest absolute Gasteiger partial charge is 0.497 e. The number of methoxy groups -OCH3 is 1. The van der Waals surface area contributed by atoms with Crippen molar-refractivity contribution >= 4 is 46.1 Å². The third kappa shape index (κ3) is 5.00. The van der Waals surface area contributed by atoms with Crippen LogP contribution in [-0.4, -0.2) is 76.5 Å². The first-order chi connectivity index (χ1) is 17.2. The number of halogens is 1. The van der Waals surface area contributed by atoms with Gasteiger partial charge in [-0.1, -0.05) is 11.6 Å². The van der Waals surface area contributed by atoms with Crippen LogP contribution in [0.1, 0.15) is 23.2 Å². The molecule has 2 amide bonds. The fourth-order valence-electron chi connectivity index (χ4n) is 4.36. The Morgan fingerprint density at radius 3 is 2.56 bits per heavy atom. The molecule has 192 valence electrons. The first-order valence-electron chi connectivity index (χ1n) is 11.6. The number of nitrogens with zero attached hydrogens (tertiary/aromatic N) is 6. The summed E-state index contributed by atoms with van der Waals surface area (Å²) in [6.07, 6.45) is 0. The summed E-state index contributed by atoms with van der Waals surface area (Å²) in [4.78, 5) is 38.1. The maximum absolute atomic E-state index is 13.3. The molecular formula is C23H31ClN9O3+. The summed E-state index contributed by atoms with van der Waals surface area (Å²) in [6, 6.07) is 5.70. The second-order valence-electron chi connectivity index (χ2n) is 8.60. The molecule has 36 heavy (non-hydrogen) atoms. The summed E-state index contributed by atoms with van der Waals surface area (Å²) in [5, 5.41) is 2.74. The molecule has 0 unspecified atom stereocenters. The molecule has 0 atom stereocenters. The van der Waals surface area contributed by atoms with Crippen LogP contribution in [-0.2, 0) is 24.4 Å². The van der Waals surface area contributed by atoms with Gasteiger partial charge in [0.05, 0.1) is 13.7 Å².